The van der Waals surface area contributed by atoms with Gasteiger partial charge in [-0.05, 0) is 12.1 Å². The lowest BCUT2D eigenvalue weighted by Crippen LogP contribution is -2.30. The van der Waals surface area contributed by atoms with E-state index in [1.54, 1.807) is 6.20 Å². The van der Waals surface area contributed by atoms with Gasteiger partial charge in [-0.2, -0.15) is 0 Å². The number of hydrazine groups is 1. The normalized spacial score (nSPS) is 9.86. The first-order valence-corrected chi connectivity index (χ1v) is 5.43. The maximum absolute atomic E-state index is 10.8. The number of carbonyl (C=O) groups excluding carboxylic acids is 1. The van der Waals surface area contributed by atoms with Crippen LogP contribution in [0, 0.1) is 0 Å². The molecule has 1 rings (SSSR count). The topological polar surface area (TPSA) is 68.0 Å². The van der Waals surface area contributed by atoms with Gasteiger partial charge in [-0.25, -0.2) is 10.8 Å². The Morgan fingerprint density at radius 2 is 2.50 bits per heavy atom. The van der Waals surface area contributed by atoms with Gasteiger partial charge in [0, 0.05) is 23.3 Å². The molecule has 1 aromatic heterocycles. The van der Waals surface area contributed by atoms with Crippen LogP contribution in [-0.4, -0.2) is 16.6 Å². The van der Waals surface area contributed by atoms with E-state index in [1.807, 2.05) is 12.1 Å². The standard InChI is InChI=1S/C8H11N3OS2/c9-11-7(12)3-5-14-8-6(13)2-1-4-10-8/h1-2,4,13H,3,5,9H2,(H,11,12). The first-order chi connectivity index (χ1) is 6.74. The van der Waals surface area contributed by atoms with Gasteiger partial charge in [-0.1, -0.05) is 0 Å². The van der Waals surface area contributed by atoms with Crippen molar-refractivity contribution in [2.24, 2.45) is 5.84 Å². The molecule has 1 aromatic rings. The summed E-state index contributed by atoms with van der Waals surface area (Å²) in [7, 11) is 0. The van der Waals surface area contributed by atoms with Crippen LogP contribution in [0.15, 0.2) is 28.3 Å². The van der Waals surface area contributed by atoms with Crippen molar-refractivity contribution in [2.45, 2.75) is 16.3 Å². The Morgan fingerprint density at radius 1 is 1.71 bits per heavy atom. The second kappa shape index (κ2) is 5.90. The van der Waals surface area contributed by atoms with Gasteiger partial charge in [0.05, 0.1) is 0 Å². The number of hydrogen-bond acceptors (Lipinski definition) is 5. The second-order valence-electron chi connectivity index (χ2n) is 2.49. The summed E-state index contributed by atoms with van der Waals surface area (Å²) in [5, 5.41) is 0.834. The Hall–Kier alpha value is -0.720. The van der Waals surface area contributed by atoms with Crippen molar-refractivity contribution in [1.82, 2.24) is 10.4 Å². The maximum atomic E-state index is 10.8. The molecular formula is C8H11N3OS2. The van der Waals surface area contributed by atoms with Crippen molar-refractivity contribution in [3.05, 3.63) is 18.3 Å². The Bertz CT molecular complexity index is 319. The molecule has 0 radical (unpaired) electrons. The second-order valence-corrected chi connectivity index (χ2v) is 4.06. The predicted octanol–water partition coefficient (Wildman–Crippen LogP) is 0.842. The summed E-state index contributed by atoms with van der Waals surface area (Å²) in [5.41, 5.74) is 2.07. The lowest BCUT2D eigenvalue weighted by Gasteiger charge is -2.02. The van der Waals surface area contributed by atoms with Gasteiger partial charge in [-0.3, -0.25) is 10.2 Å². The largest absolute Gasteiger partial charge is 0.294 e. The highest BCUT2D eigenvalue weighted by atomic mass is 32.2. The van der Waals surface area contributed by atoms with Crippen LogP contribution in [0.1, 0.15) is 6.42 Å². The lowest BCUT2D eigenvalue weighted by molar-refractivity contribution is -0.120. The van der Waals surface area contributed by atoms with Gasteiger partial charge < -0.3 is 0 Å². The highest BCUT2D eigenvalue weighted by molar-refractivity contribution is 7.99. The summed E-state index contributed by atoms with van der Waals surface area (Å²) in [4.78, 5) is 15.7. The van der Waals surface area contributed by atoms with Crippen LogP contribution in [0.5, 0.6) is 0 Å². The third-order valence-electron chi connectivity index (χ3n) is 1.48. The highest BCUT2D eigenvalue weighted by Crippen LogP contribution is 2.22. The van der Waals surface area contributed by atoms with Crippen molar-refractivity contribution in [2.75, 3.05) is 5.75 Å². The smallest absolute Gasteiger partial charge is 0.234 e. The number of nitrogens with one attached hydrogen (secondary N) is 1. The third-order valence-corrected chi connectivity index (χ3v) is 3.00. The van der Waals surface area contributed by atoms with E-state index in [0.717, 1.165) is 9.92 Å². The van der Waals surface area contributed by atoms with E-state index in [4.69, 9.17) is 5.84 Å². The summed E-state index contributed by atoms with van der Waals surface area (Å²) in [6.07, 6.45) is 2.08. The quantitative estimate of drug-likeness (QED) is 0.235. The molecule has 0 aliphatic heterocycles. The Morgan fingerprint density at radius 3 is 3.14 bits per heavy atom. The van der Waals surface area contributed by atoms with E-state index < -0.39 is 0 Å². The zero-order valence-electron chi connectivity index (χ0n) is 7.43. The minimum absolute atomic E-state index is 0.172. The molecule has 6 heteroatoms. The molecule has 0 saturated heterocycles. The van der Waals surface area contributed by atoms with Gasteiger partial charge in [0.1, 0.15) is 5.03 Å². The number of carbonyl (C=O) groups is 1. The number of thioether (sulfide) groups is 1. The van der Waals surface area contributed by atoms with Gasteiger partial charge in [-0.15, -0.1) is 24.4 Å². The van der Waals surface area contributed by atoms with E-state index in [1.165, 1.54) is 11.8 Å². The fourth-order valence-electron chi connectivity index (χ4n) is 0.806. The summed E-state index contributed by atoms with van der Waals surface area (Å²) in [5.74, 6) is 5.42. The SMILES string of the molecule is NNC(=O)CCSc1ncccc1S. The molecular weight excluding hydrogens is 218 g/mol. The van der Waals surface area contributed by atoms with E-state index in [2.05, 4.69) is 23.0 Å². The van der Waals surface area contributed by atoms with Crippen LogP contribution >= 0.6 is 24.4 Å². The Kier molecular flexibility index (Phi) is 4.78. The molecule has 0 spiro atoms. The molecule has 0 saturated carbocycles. The molecule has 0 aliphatic carbocycles. The van der Waals surface area contributed by atoms with Gasteiger partial charge >= 0.3 is 0 Å². The fraction of sp³-hybridized carbons (Fsp3) is 0.250. The molecule has 0 aromatic carbocycles. The molecule has 3 N–H and O–H groups in total. The number of pyridine rings is 1. The molecule has 4 nitrogen and oxygen atoms in total. The zero-order valence-corrected chi connectivity index (χ0v) is 9.15. The lowest BCUT2D eigenvalue weighted by atomic mass is 10.5. The monoisotopic (exact) mass is 229 g/mol. The molecule has 0 atom stereocenters. The number of aromatic nitrogens is 1. The Balaban J connectivity index is 2.39. The highest BCUT2D eigenvalue weighted by Gasteiger charge is 2.02. The molecule has 14 heavy (non-hydrogen) atoms. The van der Waals surface area contributed by atoms with Crippen molar-refractivity contribution < 1.29 is 4.79 Å². The minimum atomic E-state index is -0.172. The van der Waals surface area contributed by atoms with Gasteiger partial charge in [0.2, 0.25) is 5.91 Å². The first-order valence-electron chi connectivity index (χ1n) is 4.00. The third kappa shape index (κ3) is 3.57. The molecule has 0 bridgehead atoms. The van der Waals surface area contributed by atoms with Crippen molar-refractivity contribution in [1.29, 1.82) is 0 Å². The summed E-state index contributed by atoms with van der Waals surface area (Å²) < 4.78 is 0. The number of nitrogens with zero attached hydrogens (tertiary/aromatic N) is 1. The molecule has 1 heterocycles. The minimum Gasteiger partial charge on any atom is -0.294 e. The number of nitrogens with two attached hydrogens (primary N) is 1. The van der Waals surface area contributed by atoms with Crippen LogP contribution in [0.25, 0.3) is 0 Å². The fourth-order valence-corrected chi connectivity index (χ4v) is 1.98. The van der Waals surface area contributed by atoms with Gasteiger partial charge in [0.25, 0.3) is 0 Å². The van der Waals surface area contributed by atoms with E-state index in [-0.39, 0.29) is 5.91 Å². The van der Waals surface area contributed by atoms with Crippen LogP contribution < -0.4 is 11.3 Å². The van der Waals surface area contributed by atoms with E-state index >= 15 is 0 Å². The van der Waals surface area contributed by atoms with Crippen molar-refractivity contribution in [3.8, 4) is 0 Å². The number of rotatable bonds is 4. The molecule has 1 amide bonds. The maximum Gasteiger partial charge on any atom is 0.234 e. The molecule has 0 aliphatic rings. The predicted molar refractivity (Wildman–Crippen MR) is 59.2 cm³/mol. The summed E-state index contributed by atoms with van der Waals surface area (Å²) in [6.45, 7) is 0. The van der Waals surface area contributed by atoms with Crippen LogP contribution in [0.4, 0.5) is 0 Å². The van der Waals surface area contributed by atoms with E-state index in [9.17, 15) is 4.79 Å². The van der Waals surface area contributed by atoms with Crippen LogP contribution in [0.3, 0.4) is 0 Å². The summed E-state index contributed by atoms with van der Waals surface area (Å²) >= 11 is 5.72. The molecule has 0 fully saturated rings. The van der Waals surface area contributed by atoms with Crippen molar-refractivity contribution >= 4 is 30.3 Å². The number of amides is 1. The molecule has 76 valence electrons. The summed E-state index contributed by atoms with van der Waals surface area (Å²) in [6, 6.07) is 3.68. The van der Waals surface area contributed by atoms with E-state index in [0.29, 0.717) is 12.2 Å². The van der Waals surface area contributed by atoms with Crippen LogP contribution in [-0.2, 0) is 4.79 Å². The zero-order chi connectivity index (χ0) is 10.4. The number of thiol groups is 1. The van der Waals surface area contributed by atoms with Gasteiger partial charge in [0.15, 0.2) is 0 Å². The number of hydrogen-bond donors (Lipinski definition) is 3. The van der Waals surface area contributed by atoms with Crippen molar-refractivity contribution in [3.63, 3.8) is 0 Å². The average Bonchev–Trinajstić information content (AvgIpc) is 2.20. The Labute approximate surface area is 92.0 Å². The average molecular weight is 229 g/mol. The molecule has 0 unspecified atom stereocenters. The first kappa shape index (κ1) is 11.4. The van der Waals surface area contributed by atoms with Crippen LogP contribution in [0.2, 0.25) is 0 Å².